The number of barbiturate groups is 1. The van der Waals surface area contributed by atoms with E-state index in [0.29, 0.717) is 35.8 Å². The largest absolute Gasteiger partial charge is 0.490 e. The molecule has 0 atom stereocenters. The molecule has 4 amide bonds. The van der Waals surface area contributed by atoms with Crippen LogP contribution in [-0.4, -0.2) is 31.1 Å². The minimum absolute atomic E-state index is 0.0547. The van der Waals surface area contributed by atoms with Gasteiger partial charge in [-0.25, -0.2) is 9.69 Å². The molecule has 0 aliphatic carbocycles. The molecule has 0 unspecified atom stereocenters. The van der Waals surface area contributed by atoms with Crippen LogP contribution in [0.4, 0.5) is 10.5 Å². The van der Waals surface area contributed by atoms with E-state index in [2.05, 4.69) is 17.8 Å². The number of benzene rings is 2. The lowest BCUT2D eigenvalue weighted by Crippen LogP contribution is -2.54. The number of nitrogens with one attached hydrogen (secondary N) is 1. The maximum Gasteiger partial charge on any atom is 0.335 e. The van der Waals surface area contributed by atoms with Crippen molar-refractivity contribution in [1.82, 2.24) is 5.32 Å². The van der Waals surface area contributed by atoms with Gasteiger partial charge in [0.25, 0.3) is 11.8 Å². The Morgan fingerprint density at radius 1 is 1.15 bits per heavy atom. The molecule has 0 saturated carbocycles. The van der Waals surface area contributed by atoms with E-state index in [9.17, 15) is 14.4 Å². The third-order valence-corrected chi connectivity index (χ3v) is 4.82. The molecule has 0 bridgehead atoms. The average Bonchev–Trinajstić information content (AvgIpc) is 2.78. The Morgan fingerprint density at radius 2 is 1.88 bits per heavy atom. The van der Waals surface area contributed by atoms with Gasteiger partial charge in [0.2, 0.25) is 0 Å². The van der Waals surface area contributed by atoms with Gasteiger partial charge in [-0.1, -0.05) is 29.7 Å². The second-order valence-electron chi connectivity index (χ2n) is 7.22. The number of carbonyl (C=O) groups is 3. The highest BCUT2D eigenvalue weighted by Gasteiger charge is 2.36. The number of aryl methyl sites for hydroxylation is 1. The summed E-state index contributed by atoms with van der Waals surface area (Å²) < 4.78 is 11.4. The molecule has 0 aromatic heterocycles. The van der Waals surface area contributed by atoms with Gasteiger partial charge in [-0.2, -0.15) is 0 Å². The average molecular weight is 444 g/mol. The molecule has 33 heavy (non-hydrogen) atoms. The molecule has 1 aliphatic rings. The fraction of sp³-hybridized carbons (Fsp3) is 0.192. The van der Waals surface area contributed by atoms with Crippen molar-refractivity contribution < 1.29 is 23.9 Å². The lowest BCUT2D eigenvalue weighted by atomic mass is 10.0. The first kappa shape index (κ1) is 23.4. The van der Waals surface area contributed by atoms with Crippen LogP contribution in [0.3, 0.4) is 0 Å². The first-order chi connectivity index (χ1) is 15.9. The van der Waals surface area contributed by atoms with Gasteiger partial charge < -0.3 is 9.47 Å². The highest BCUT2D eigenvalue weighted by molar-refractivity contribution is 6.39. The molecule has 3 rings (SSSR count). The van der Waals surface area contributed by atoms with E-state index in [0.717, 1.165) is 16.0 Å². The number of rotatable bonds is 8. The van der Waals surface area contributed by atoms with Gasteiger partial charge in [-0.05, 0) is 56.2 Å². The zero-order valence-corrected chi connectivity index (χ0v) is 18.5. The van der Waals surface area contributed by atoms with Gasteiger partial charge in [0.05, 0.1) is 12.3 Å². The summed E-state index contributed by atoms with van der Waals surface area (Å²) in [5, 5.41) is 2.23. The lowest BCUT2D eigenvalue weighted by molar-refractivity contribution is -0.122. The van der Waals surface area contributed by atoms with E-state index in [1.807, 2.05) is 13.8 Å². The minimum Gasteiger partial charge on any atom is -0.490 e. The summed E-state index contributed by atoms with van der Waals surface area (Å²) in [4.78, 5) is 39.0. The Balaban J connectivity index is 2.07. The molecule has 168 valence electrons. The summed E-state index contributed by atoms with van der Waals surface area (Å²) in [5.41, 5.74) is 2.41. The predicted molar refractivity (Wildman–Crippen MR) is 126 cm³/mol. The minimum atomic E-state index is -0.800. The van der Waals surface area contributed by atoms with Crippen molar-refractivity contribution in [3.8, 4) is 23.8 Å². The quantitative estimate of drug-likeness (QED) is 0.290. The Bertz CT molecular complexity index is 1170. The number of allylic oxidation sites excluding steroid dienone is 1. The number of ether oxygens (including phenoxy) is 2. The van der Waals surface area contributed by atoms with E-state index in [1.54, 1.807) is 42.5 Å². The standard InChI is InChI=1S/C26H24N2O5/c1-5-8-19-14-18(16-22(32-7-3)23(19)33-13-6-2)15-21-24(29)27-26(31)28(25(21)30)20-11-9-17(4)10-12-20/h2,5,9-12,14-16H,1,7-8,13H2,3-4H3,(H,27,29,31)/b21-15+. The number of imide groups is 2. The maximum atomic E-state index is 13.1. The Hall–Kier alpha value is -4.31. The van der Waals surface area contributed by atoms with Gasteiger partial charge in [0.15, 0.2) is 11.5 Å². The van der Waals surface area contributed by atoms with Gasteiger partial charge in [0.1, 0.15) is 12.2 Å². The summed E-state index contributed by atoms with van der Waals surface area (Å²) in [6, 6.07) is 9.46. The zero-order valence-electron chi connectivity index (χ0n) is 18.5. The Morgan fingerprint density at radius 3 is 2.52 bits per heavy atom. The Labute approximate surface area is 192 Å². The summed E-state index contributed by atoms with van der Waals surface area (Å²) >= 11 is 0. The molecular weight excluding hydrogens is 420 g/mol. The number of terminal acetylenes is 1. The molecule has 7 nitrogen and oxygen atoms in total. The van der Waals surface area contributed by atoms with Gasteiger partial charge in [-0.3, -0.25) is 14.9 Å². The maximum absolute atomic E-state index is 13.1. The zero-order chi connectivity index (χ0) is 24.0. The van der Waals surface area contributed by atoms with Crippen LogP contribution in [0.2, 0.25) is 0 Å². The predicted octanol–water partition coefficient (Wildman–Crippen LogP) is 3.80. The van der Waals surface area contributed by atoms with Crippen molar-refractivity contribution in [1.29, 1.82) is 0 Å². The molecule has 0 spiro atoms. The molecule has 1 fully saturated rings. The van der Waals surface area contributed by atoms with E-state index >= 15 is 0 Å². The highest BCUT2D eigenvalue weighted by Crippen LogP contribution is 2.35. The van der Waals surface area contributed by atoms with Crippen molar-refractivity contribution in [2.24, 2.45) is 0 Å². The van der Waals surface area contributed by atoms with Crippen molar-refractivity contribution in [3.05, 3.63) is 71.3 Å². The van der Waals surface area contributed by atoms with Crippen molar-refractivity contribution in [2.75, 3.05) is 18.1 Å². The fourth-order valence-corrected chi connectivity index (χ4v) is 3.37. The SMILES string of the molecule is C#CCOc1c(CC=C)cc(/C=C2\C(=O)NC(=O)N(c3ccc(C)cc3)C2=O)cc1OCC. The highest BCUT2D eigenvalue weighted by atomic mass is 16.5. The number of urea groups is 1. The van der Waals surface area contributed by atoms with Crippen molar-refractivity contribution >= 4 is 29.6 Å². The first-order valence-electron chi connectivity index (χ1n) is 10.3. The third kappa shape index (κ3) is 5.13. The number of carbonyl (C=O) groups excluding carboxylic acids is 3. The topological polar surface area (TPSA) is 84.9 Å². The molecule has 2 aromatic rings. The second kappa shape index (κ2) is 10.3. The lowest BCUT2D eigenvalue weighted by Gasteiger charge is -2.26. The van der Waals surface area contributed by atoms with Gasteiger partial charge >= 0.3 is 6.03 Å². The summed E-state index contributed by atoms with van der Waals surface area (Å²) in [6.45, 7) is 7.91. The number of amides is 4. The molecular formula is C26H24N2O5. The second-order valence-corrected chi connectivity index (χ2v) is 7.22. The molecule has 0 radical (unpaired) electrons. The smallest absolute Gasteiger partial charge is 0.335 e. The number of anilines is 1. The van der Waals surface area contributed by atoms with E-state index in [-0.39, 0.29) is 12.2 Å². The van der Waals surface area contributed by atoms with E-state index < -0.39 is 17.8 Å². The summed E-state index contributed by atoms with van der Waals surface area (Å²) in [7, 11) is 0. The van der Waals surface area contributed by atoms with Gasteiger partial charge in [0, 0.05) is 5.56 Å². The first-order valence-corrected chi connectivity index (χ1v) is 10.3. The van der Waals surface area contributed by atoms with Crippen molar-refractivity contribution in [2.45, 2.75) is 20.3 Å². The van der Waals surface area contributed by atoms with E-state index in [4.69, 9.17) is 15.9 Å². The molecule has 1 heterocycles. The third-order valence-electron chi connectivity index (χ3n) is 4.82. The van der Waals surface area contributed by atoms with Crippen LogP contribution in [0, 0.1) is 19.3 Å². The van der Waals surface area contributed by atoms with Crippen LogP contribution in [0.1, 0.15) is 23.6 Å². The van der Waals surface area contributed by atoms with Gasteiger partial charge in [-0.15, -0.1) is 13.0 Å². The van der Waals surface area contributed by atoms with Crippen LogP contribution in [0.25, 0.3) is 6.08 Å². The fourth-order valence-electron chi connectivity index (χ4n) is 3.37. The number of hydrogen-bond acceptors (Lipinski definition) is 5. The monoisotopic (exact) mass is 444 g/mol. The molecule has 7 heteroatoms. The van der Waals surface area contributed by atoms with Crippen LogP contribution in [0.5, 0.6) is 11.5 Å². The molecule has 1 N–H and O–H groups in total. The number of hydrogen-bond donors (Lipinski definition) is 1. The summed E-state index contributed by atoms with van der Waals surface area (Å²) in [5.74, 6) is 1.84. The molecule has 1 saturated heterocycles. The normalized spacial score (nSPS) is 14.6. The van der Waals surface area contributed by atoms with Crippen LogP contribution in [-0.2, 0) is 16.0 Å². The van der Waals surface area contributed by atoms with Crippen LogP contribution in [0.15, 0.2) is 54.6 Å². The van der Waals surface area contributed by atoms with E-state index in [1.165, 1.54) is 6.08 Å². The summed E-state index contributed by atoms with van der Waals surface area (Å²) in [6.07, 6.45) is 8.90. The molecule has 2 aromatic carbocycles. The Kier molecular flexibility index (Phi) is 7.31. The molecule has 1 aliphatic heterocycles. The van der Waals surface area contributed by atoms with Crippen molar-refractivity contribution in [3.63, 3.8) is 0 Å². The van der Waals surface area contributed by atoms with Crippen LogP contribution >= 0.6 is 0 Å². The van der Waals surface area contributed by atoms with Crippen LogP contribution < -0.4 is 19.7 Å². The number of nitrogens with zero attached hydrogens (tertiary/aromatic N) is 1.